The van der Waals surface area contributed by atoms with Crippen molar-refractivity contribution < 1.29 is 0 Å². The number of nitrogens with two attached hydrogens (primary N) is 1. The standard InChI is InChI=1S/C12H23N3/c1-11(2,3)15-10(13)14-9-8-12(9)6-4-5-7-12/h9H,4-8H2,1-3H3,(H3,13,14,15). The maximum absolute atomic E-state index is 5.89. The second kappa shape index (κ2) is 3.39. The fourth-order valence-electron chi connectivity index (χ4n) is 2.71. The Morgan fingerprint density at radius 2 is 1.93 bits per heavy atom. The summed E-state index contributed by atoms with van der Waals surface area (Å²) in [5, 5.41) is 3.22. The molecule has 0 heterocycles. The lowest BCUT2D eigenvalue weighted by Crippen LogP contribution is -2.45. The number of rotatable bonds is 1. The number of hydrogen-bond acceptors (Lipinski definition) is 1. The van der Waals surface area contributed by atoms with Gasteiger partial charge in [0.15, 0.2) is 5.96 Å². The van der Waals surface area contributed by atoms with Gasteiger partial charge in [-0.1, -0.05) is 12.8 Å². The second-order valence-corrected chi connectivity index (χ2v) is 6.18. The monoisotopic (exact) mass is 209 g/mol. The minimum atomic E-state index is 0.0192. The van der Waals surface area contributed by atoms with E-state index in [0.29, 0.717) is 17.4 Å². The fraction of sp³-hybridized carbons (Fsp3) is 0.917. The minimum Gasteiger partial charge on any atom is -0.370 e. The highest BCUT2D eigenvalue weighted by Crippen LogP contribution is 2.59. The molecule has 1 atom stereocenters. The van der Waals surface area contributed by atoms with E-state index in [1.165, 1.54) is 32.1 Å². The van der Waals surface area contributed by atoms with Gasteiger partial charge in [-0.15, -0.1) is 0 Å². The van der Waals surface area contributed by atoms with Crippen LogP contribution < -0.4 is 11.1 Å². The van der Waals surface area contributed by atoms with Crippen LogP contribution in [-0.4, -0.2) is 17.5 Å². The van der Waals surface area contributed by atoms with Gasteiger partial charge < -0.3 is 11.1 Å². The summed E-state index contributed by atoms with van der Waals surface area (Å²) < 4.78 is 0. The Labute approximate surface area is 92.5 Å². The van der Waals surface area contributed by atoms with Crippen LogP contribution in [-0.2, 0) is 0 Å². The highest BCUT2D eigenvalue weighted by atomic mass is 15.2. The minimum absolute atomic E-state index is 0.0192. The van der Waals surface area contributed by atoms with Gasteiger partial charge >= 0.3 is 0 Å². The smallest absolute Gasteiger partial charge is 0.189 e. The molecule has 0 aliphatic heterocycles. The lowest BCUT2D eigenvalue weighted by atomic mass is 10.1. The van der Waals surface area contributed by atoms with E-state index in [1.807, 2.05) is 0 Å². The molecule has 3 N–H and O–H groups in total. The molecular formula is C12H23N3. The summed E-state index contributed by atoms with van der Waals surface area (Å²) in [5.74, 6) is 0.622. The zero-order valence-electron chi connectivity index (χ0n) is 10.1. The Morgan fingerprint density at radius 3 is 2.47 bits per heavy atom. The average molecular weight is 209 g/mol. The maximum Gasteiger partial charge on any atom is 0.189 e. The first-order valence-electron chi connectivity index (χ1n) is 6.03. The van der Waals surface area contributed by atoms with Gasteiger partial charge in [0.05, 0.1) is 6.04 Å². The van der Waals surface area contributed by atoms with Crippen molar-refractivity contribution in [2.45, 2.75) is 64.5 Å². The third-order valence-corrected chi connectivity index (χ3v) is 3.54. The van der Waals surface area contributed by atoms with Gasteiger partial charge in [0.25, 0.3) is 0 Å². The van der Waals surface area contributed by atoms with E-state index in [-0.39, 0.29) is 5.54 Å². The van der Waals surface area contributed by atoms with Gasteiger partial charge in [0.2, 0.25) is 0 Å². The molecule has 0 aromatic heterocycles. The van der Waals surface area contributed by atoms with E-state index in [9.17, 15) is 0 Å². The van der Waals surface area contributed by atoms with E-state index in [0.717, 1.165) is 0 Å². The Bertz CT molecular complexity index is 269. The Hall–Kier alpha value is -0.730. The SMILES string of the molecule is CC(C)(C)NC(N)=NC1CC12CCCC2. The van der Waals surface area contributed by atoms with Crippen LogP contribution in [0.5, 0.6) is 0 Å². The van der Waals surface area contributed by atoms with Crippen molar-refractivity contribution in [3.05, 3.63) is 0 Å². The molecule has 2 aliphatic carbocycles. The second-order valence-electron chi connectivity index (χ2n) is 6.18. The summed E-state index contributed by atoms with van der Waals surface area (Å²) in [6.07, 6.45) is 6.77. The topological polar surface area (TPSA) is 50.4 Å². The lowest BCUT2D eigenvalue weighted by molar-refractivity contribution is 0.496. The summed E-state index contributed by atoms with van der Waals surface area (Å²) in [7, 11) is 0. The van der Waals surface area contributed by atoms with Gasteiger partial charge in [-0.25, -0.2) is 4.99 Å². The summed E-state index contributed by atoms with van der Waals surface area (Å²) >= 11 is 0. The van der Waals surface area contributed by atoms with Crippen LogP contribution in [0.3, 0.4) is 0 Å². The van der Waals surface area contributed by atoms with Crippen LogP contribution in [0.1, 0.15) is 52.9 Å². The summed E-state index contributed by atoms with van der Waals surface area (Å²) in [5.41, 5.74) is 6.47. The number of nitrogens with one attached hydrogen (secondary N) is 1. The molecule has 1 unspecified atom stereocenters. The predicted molar refractivity (Wildman–Crippen MR) is 63.8 cm³/mol. The van der Waals surface area contributed by atoms with Gasteiger partial charge in [0.1, 0.15) is 0 Å². The molecule has 2 fully saturated rings. The van der Waals surface area contributed by atoms with E-state index >= 15 is 0 Å². The molecule has 0 amide bonds. The zero-order chi connectivity index (χ0) is 11.1. The van der Waals surface area contributed by atoms with Crippen LogP contribution in [0.25, 0.3) is 0 Å². The molecule has 15 heavy (non-hydrogen) atoms. The van der Waals surface area contributed by atoms with Gasteiger partial charge in [-0.3, -0.25) is 0 Å². The van der Waals surface area contributed by atoms with Crippen molar-refractivity contribution in [2.24, 2.45) is 16.1 Å². The predicted octanol–water partition coefficient (Wildman–Crippen LogP) is 2.02. The van der Waals surface area contributed by atoms with Gasteiger partial charge in [0, 0.05) is 5.54 Å². The van der Waals surface area contributed by atoms with Crippen LogP contribution in [0.2, 0.25) is 0 Å². The van der Waals surface area contributed by atoms with Crippen LogP contribution in [0.15, 0.2) is 4.99 Å². The van der Waals surface area contributed by atoms with Crippen molar-refractivity contribution in [2.75, 3.05) is 0 Å². The molecule has 0 radical (unpaired) electrons. The first-order valence-corrected chi connectivity index (χ1v) is 6.03. The number of aliphatic imine (C=N–C) groups is 1. The van der Waals surface area contributed by atoms with Crippen molar-refractivity contribution in [1.82, 2.24) is 5.32 Å². The zero-order valence-corrected chi connectivity index (χ0v) is 10.1. The largest absolute Gasteiger partial charge is 0.370 e. The van der Waals surface area contributed by atoms with E-state index < -0.39 is 0 Å². The molecule has 3 nitrogen and oxygen atoms in total. The van der Waals surface area contributed by atoms with Crippen LogP contribution in [0.4, 0.5) is 0 Å². The molecular weight excluding hydrogens is 186 g/mol. The molecule has 2 saturated carbocycles. The molecule has 2 aliphatic rings. The third kappa shape index (κ3) is 2.44. The average Bonchev–Trinajstić information content (AvgIpc) is 2.54. The molecule has 0 aromatic carbocycles. The number of guanidine groups is 1. The maximum atomic E-state index is 5.89. The van der Waals surface area contributed by atoms with Crippen LogP contribution >= 0.6 is 0 Å². The lowest BCUT2D eigenvalue weighted by Gasteiger charge is -2.21. The van der Waals surface area contributed by atoms with Gasteiger partial charge in [-0.2, -0.15) is 0 Å². The highest BCUT2D eigenvalue weighted by Gasteiger charge is 2.55. The molecule has 2 rings (SSSR count). The first-order chi connectivity index (χ1) is 6.91. The van der Waals surface area contributed by atoms with Crippen molar-refractivity contribution >= 4 is 5.96 Å². The van der Waals surface area contributed by atoms with E-state index in [2.05, 4.69) is 31.1 Å². The molecule has 1 spiro atoms. The fourth-order valence-corrected chi connectivity index (χ4v) is 2.71. The van der Waals surface area contributed by atoms with Crippen LogP contribution in [0, 0.1) is 5.41 Å². The van der Waals surface area contributed by atoms with E-state index in [4.69, 9.17) is 5.73 Å². The molecule has 86 valence electrons. The van der Waals surface area contributed by atoms with Crippen molar-refractivity contribution in [3.63, 3.8) is 0 Å². The third-order valence-electron chi connectivity index (χ3n) is 3.54. The highest BCUT2D eigenvalue weighted by molar-refractivity contribution is 5.79. The van der Waals surface area contributed by atoms with Gasteiger partial charge in [-0.05, 0) is 45.4 Å². The van der Waals surface area contributed by atoms with Crippen molar-refractivity contribution in [1.29, 1.82) is 0 Å². The molecule has 0 saturated heterocycles. The Kier molecular flexibility index (Phi) is 2.44. The number of hydrogen-bond donors (Lipinski definition) is 2. The molecule has 3 heteroatoms. The first kappa shape index (κ1) is 10.8. The normalized spacial score (nSPS) is 29.5. The molecule has 0 bridgehead atoms. The summed E-state index contributed by atoms with van der Waals surface area (Å²) in [4.78, 5) is 4.59. The molecule has 0 aromatic rings. The Balaban J connectivity index is 1.89. The summed E-state index contributed by atoms with van der Waals surface area (Å²) in [6.45, 7) is 6.31. The van der Waals surface area contributed by atoms with Crippen molar-refractivity contribution in [3.8, 4) is 0 Å². The Morgan fingerprint density at radius 1 is 1.33 bits per heavy atom. The number of nitrogens with zero attached hydrogens (tertiary/aromatic N) is 1. The quantitative estimate of drug-likeness (QED) is 0.513. The van der Waals surface area contributed by atoms with E-state index in [1.54, 1.807) is 0 Å². The summed E-state index contributed by atoms with van der Waals surface area (Å²) in [6, 6.07) is 0.509.